The zero-order chi connectivity index (χ0) is 20.8. The Morgan fingerprint density at radius 1 is 1.20 bits per heavy atom. The van der Waals surface area contributed by atoms with Gasteiger partial charge in [0.2, 0.25) is 0 Å². The van der Waals surface area contributed by atoms with Crippen LogP contribution in [0.15, 0.2) is 41.9 Å². The van der Waals surface area contributed by atoms with E-state index in [9.17, 15) is 23.1 Å². The van der Waals surface area contributed by atoms with E-state index in [0.717, 1.165) is 23.5 Å². The molecule has 0 aliphatic carbocycles. The van der Waals surface area contributed by atoms with Crippen molar-refractivity contribution < 1.29 is 23.1 Å². The highest BCUT2D eigenvalue weighted by atomic mass is 35.5. The van der Waals surface area contributed by atoms with E-state index in [1.807, 2.05) is 0 Å². The van der Waals surface area contributed by atoms with Crippen molar-refractivity contribution in [1.29, 1.82) is 0 Å². The SMILES string of the molecule is Cl.O=C(Nc1nc2ccc(C(F)(F)F)cc2s1)c1cc(Cl)cc(-c2nccs2)c1O. The fraction of sp³-hybridized carbons (Fsp3) is 0.0556. The van der Waals surface area contributed by atoms with Gasteiger partial charge in [0.15, 0.2) is 5.13 Å². The van der Waals surface area contributed by atoms with Crippen LogP contribution in [0.4, 0.5) is 18.3 Å². The molecule has 30 heavy (non-hydrogen) atoms. The number of alkyl halides is 3. The number of carbonyl (C=O) groups excluding carboxylic acids is 1. The predicted molar refractivity (Wildman–Crippen MR) is 114 cm³/mol. The maximum Gasteiger partial charge on any atom is 0.416 e. The molecule has 156 valence electrons. The van der Waals surface area contributed by atoms with Crippen LogP contribution in [0.3, 0.4) is 0 Å². The van der Waals surface area contributed by atoms with Gasteiger partial charge in [-0.25, -0.2) is 9.97 Å². The van der Waals surface area contributed by atoms with Crippen molar-refractivity contribution in [2.24, 2.45) is 0 Å². The van der Waals surface area contributed by atoms with Crippen LogP contribution < -0.4 is 5.32 Å². The minimum absolute atomic E-state index is 0. The first-order valence-corrected chi connectivity index (χ1v) is 10.0. The lowest BCUT2D eigenvalue weighted by Gasteiger charge is -2.09. The molecule has 0 atom stereocenters. The van der Waals surface area contributed by atoms with E-state index in [-0.39, 0.29) is 38.6 Å². The molecule has 0 saturated carbocycles. The first-order valence-electron chi connectivity index (χ1n) is 7.94. The highest BCUT2D eigenvalue weighted by Gasteiger charge is 2.31. The first kappa shape index (κ1) is 22.3. The maximum atomic E-state index is 12.9. The van der Waals surface area contributed by atoms with Gasteiger partial charge in [0.25, 0.3) is 5.91 Å². The number of hydrogen-bond donors (Lipinski definition) is 2. The zero-order valence-electron chi connectivity index (χ0n) is 14.5. The lowest BCUT2D eigenvalue weighted by molar-refractivity contribution is -0.137. The predicted octanol–water partition coefficient (Wildman–Crippen LogP) is 6.47. The van der Waals surface area contributed by atoms with Crippen LogP contribution in [-0.4, -0.2) is 21.0 Å². The van der Waals surface area contributed by atoms with Crippen molar-refractivity contribution in [2.75, 3.05) is 5.32 Å². The molecule has 2 aromatic carbocycles. The topological polar surface area (TPSA) is 75.1 Å². The van der Waals surface area contributed by atoms with Gasteiger partial charge in [-0.05, 0) is 30.3 Å². The summed E-state index contributed by atoms with van der Waals surface area (Å²) in [5.74, 6) is -1.000. The number of rotatable bonds is 3. The molecule has 5 nitrogen and oxygen atoms in total. The third kappa shape index (κ3) is 4.36. The standard InChI is InChI=1S/C18H9ClF3N3O2S2.ClH/c19-9-6-10(14(26)11(7-9)16-23-3-4-28-16)15(27)25-17-24-12-2-1-8(18(20,21)22)5-13(12)29-17;/h1-7,26H,(H,24,25,27);1H. The monoisotopic (exact) mass is 491 g/mol. The smallest absolute Gasteiger partial charge is 0.416 e. The Hall–Kier alpha value is -2.40. The van der Waals surface area contributed by atoms with Gasteiger partial charge in [0.05, 0.1) is 26.9 Å². The summed E-state index contributed by atoms with van der Waals surface area (Å²) in [6.45, 7) is 0. The average Bonchev–Trinajstić information content (AvgIpc) is 3.30. The normalized spacial score (nSPS) is 11.3. The summed E-state index contributed by atoms with van der Waals surface area (Å²) in [5, 5.41) is 15.5. The third-order valence-corrected chi connectivity index (χ3v) is 5.88. The Morgan fingerprint density at radius 2 is 1.97 bits per heavy atom. The largest absolute Gasteiger partial charge is 0.506 e. The average molecular weight is 492 g/mol. The van der Waals surface area contributed by atoms with E-state index in [1.165, 1.54) is 29.5 Å². The van der Waals surface area contributed by atoms with Crippen molar-refractivity contribution in [3.05, 3.63) is 58.1 Å². The van der Waals surface area contributed by atoms with E-state index in [1.54, 1.807) is 11.6 Å². The second-order valence-corrected chi connectivity index (χ2v) is 8.20. The molecule has 4 rings (SSSR count). The molecule has 2 heterocycles. The number of hydrogen-bond acceptors (Lipinski definition) is 6. The number of anilines is 1. The van der Waals surface area contributed by atoms with Gasteiger partial charge in [-0.3, -0.25) is 10.1 Å². The van der Waals surface area contributed by atoms with Gasteiger partial charge in [-0.15, -0.1) is 23.7 Å². The molecular formula is C18H10Cl2F3N3O2S2. The molecular weight excluding hydrogens is 482 g/mol. The molecule has 0 radical (unpaired) electrons. The molecule has 0 spiro atoms. The highest BCUT2D eigenvalue weighted by molar-refractivity contribution is 7.22. The molecule has 0 aliphatic heterocycles. The van der Waals surface area contributed by atoms with Crippen LogP contribution in [0.1, 0.15) is 15.9 Å². The summed E-state index contributed by atoms with van der Waals surface area (Å²) in [4.78, 5) is 20.9. The number of nitrogens with zero attached hydrogens (tertiary/aromatic N) is 2. The number of benzene rings is 2. The second-order valence-electron chi connectivity index (χ2n) is 5.84. The number of aromatic hydroxyl groups is 1. The lowest BCUT2D eigenvalue weighted by atomic mass is 10.1. The molecule has 1 amide bonds. The Kier molecular flexibility index (Phi) is 6.23. The van der Waals surface area contributed by atoms with E-state index in [2.05, 4.69) is 15.3 Å². The van der Waals surface area contributed by atoms with Gasteiger partial charge >= 0.3 is 6.18 Å². The van der Waals surface area contributed by atoms with Crippen LogP contribution in [0.25, 0.3) is 20.8 Å². The van der Waals surface area contributed by atoms with Crippen molar-refractivity contribution in [3.63, 3.8) is 0 Å². The van der Waals surface area contributed by atoms with Gasteiger partial charge in [0.1, 0.15) is 10.8 Å². The summed E-state index contributed by atoms with van der Waals surface area (Å²) in [6.07, 6.45) is -2.92. The molecule has 0 bridgehead atoms. The van der Waals surface area contributed by atoms with E-state index in [4.69, 9.17) is 11.6 Å². The number of carbonyl (C=O) groups is 1. The Morgan fingerprint density at radius 3 is 2.63 bits per heavy atom. The first-order chi connectivity index (χ1) is 13.7. The molecule has 12 heteroatoms. The van der Waals surface area contributed by atoms with E-state index >= 15 is 0 Å². The van der Waals surface area contributed by atoms with Crippen molar-refractivity contribution in [3.8, 4) is 16.3 Å². The van der Waals surface area contributed by atoms with E-state index in [0.29, 0.717) is 16.1 Å². The quantitative estimate of drug-likeness (QED) is 0.344. The molecule has 0 aliphatic rings. The summed E-state index contributed by atoms with van der Waals surface area (Å²) < 4.78 is 38.9. The van der Waals surface area contributed by atoms with Gasteiger partial charge in [0, 0.05) is 16.6 Å². The molecule has 0 fully saturated rings. The number of fused-ring (bicyclic) bond motifs is 1. The summed E-state index contributed by atoms with van der Waals surface area (Å²) in [7, 11) is 0. The van der Waals surface area contributed by atoms with Crippen LogP contribution >= 0.6 is 46.7 Å². The number of nitrogens with one attached hydrogen (secondary N) is 1. The van der Waals surface area contributed by atoms with Crippen molar-refractivity contribution in [1.82, 2.24) is 9.97 Å². The fourth-order valence-corrected chi connectivity index (χ4v) is 4.38. The van der Waals surface area contributed by atoms with Crippen molar-refractivity contribution in [2.45, 2.75) is 6.18 Å². The van der Waals surface area contributed by atoms with Gasteiger partial charge in [-0.2, -0.15) is 13.2 Å². The number of thiazole rings is 2. The van der Waals surface area contributed by atoms with Gasteiger partial charge < -0.3 is 5.11 Å². The van der Waals surface area contributed by atoms with Gasteiger partial charge in [-0.1, -0.05) is 22.9 Å². The summed E-state index contributed by atoms with van der Waals surface area (Å²) in [6, 6.07) is 5.92. The maximum absolute atomic E-state index is 12.9. The van der Waals surface area contributed by atoms with Crippen LogP contribution in [0.5, 0.6) is 5.75 Å². The number of phenolic OH excluding ortho intramolecular Hbond substituents is 1. The fourth-order valence-electron chi connectivity index (χ4n) is 2.61. The Balaban J connectivity index is 0.00000256. The Labute approximate surface area is 186 Å². The minimum Gasteiger partial charge on any atom is -0.506 e. The van der Waals surface area contributed by atoms with E-state index < -0.39 is 17.6 Å². The number of phenols is 1. The molecule has 2 aromatic heterocycles. The zero-order valence-corrected chi connectivity index (χ0v) is 17.7. The van der Waals surface area contributed by atoms with Crippen molar-refractivity contribution >= 4 is 67.9 Å². The second kappa shape index (κ2) is 8.38. The Bertz CT molecular complexity index is 1230. The molecule has 2 N–H and O–H groups in total. The number of amides is 1. The number of aromatic nitrogens is 2. The molecule has 0 unspecified atom stereocenters. The molecule has 0 saturated heterocycles. The molecule has 4 aromatic rings. The highest BCUT2D eigenvalue weighted by Crippen LogP contribution is 2.37. The summed E-state index contributed by atoms with van der Waals surface area (Å²) >= 11 is 8.24. The third-order valence-electron chi connectivity index (χ3n) is 3.92. The van der Waals surface area contributed by atoms with Crippen LogP contribution in [-0.2, 0) is 6.18 Å². The lowest BCUT2D eigenvalue weighted by Crippen LogP contribution is -2.12. The minimum atomic E-state index is -4.47. The summed E-state index contributed by atoms with van der Waals surface area (Å²) in [5.41, 5.74) is -0.279. The number of halogens is 5. The van der Waals surface area contributed by atoms with Crippen LogP contribution in [0.2, 0.25) is 5.02 Å². The van der Waals surface area contributed by atoms with Crippen LogP contribution in [0, 0.1) is 0 Å².